The number of carbonyl (C=O) groups excluding carboxylic acids is 2. The Balaban J connectivity index is 1.48. The van der Waals surface area contributed by atoms with Crippen LogP contribution in [0.5, 0.6) is 5.75 Å². The number of nitrogens with one attached hydrogen (secondary N) is 2. The van der Waals surface area contributed by atoms with E-state index in [-0.39, 0.29) is 17.4 Å². The van der Waals surface area contributed by atoms with Gasteiger partial charge in [-0.2, -0.15) is 0 Å². The molecule has 2 fully saturated rings. The number of rotatable bonds is 0. The summed E-state index contributed by atoms with van der Waals surface area (Å²) in [7, 11) is 0. The van der Waals surface area contributed by atoms with Crippen LogP contribution in [0.1, 0.15) is 42.4 Å². The van der Waals surface area contributed by atoms with E-state index in [1.54, 1.807) is 0 Å². The topological polar surface area (TPSA) is 67.4 Å². The van der Waals surface area contributed by atoms with Crippen molar-refractivity contribution >= 4 is 18.0 Å². The summed E-state index contributed by atoms with van der Waals surface area (Å²) in [6.07, 6.45) is 8.55. The normalized spacial score (nSPS) is 33.6. The van der Waals surface area contributed by atoms with E-state index in [1.807, 2.05) is 0 Å². The lowest BCUT2D eigenvalue weighted by molar-refractivity contribution is -0.125. The third-order valence-electron chi connectivity index (χ3n) is 5.99. The molecule has 23 heavy (non-hydrogen) atoms. The molecule has 1 aromatic carbocycles. The third-order valence-corrected chi connectivity index (χ3v) is 5.99. The van der Waals surface area contributed by atoms with Gasteiger partial charge in [0.2, 0.25) is 0 Å². The van der Waals surface area contributed by atoms with Gasteiger partial charge in [-0.3, -0.25) is 10.1 Å². The Morgan fingerprint density at radius 2 is 1.91 bits per heavy atom. The van der Waals surface area contributed by atoms with Gasteiger partial charge in [-0.05, 0) is 54.5 Å². The minimum atomic E-state index is -0.702. The fourth-order valence-electron chi connectivity index (χ4n) is 4.59. The summed E-state index contributed by atoms with van der Waals surface area (Å²) in [5.74, 6) is 0.843. The third kappa shape index (κ3) is 1.68. The van der Waals surface area contributed by atoms with E-state index in [9.17, 15) is 9.59 Å². The van der Waals surface area contributed by atoms with Crippen LogP contribution in [0.3, 0.4) is 0 Å². The smallest absolute Gasteiger partial charge is 0.322 e. The molecule has 1 saturated heterocycles. The molecule has 0 aromatic heterocycles. The van der Waals surface area contributed by atoms with Crippen molar-refractivity contribution in [3.8, 4) is 5.75 Å². The molecule has 0 radical (unpaired) electrons. The molecule has 3 amide bonds. The van der Waals surface area contributed by atoms with Gasteiger partial charge >= 0.3 is 6.03 Å². The van der Waals surface area contributed by atoms with Gasteiger partial charge in [0.25, 0.3) is 5.91 Å². The Morgan fingerprint density at radius 3 is 2.65 bits per heavy atom. The highest BCUT2D eigenvalue weighted by Crippen LogP contribution is 2.51. The second-order valence-electron chi connectivity index (χ2n) is 7.13. The van der Waals surface area contributed by atoms with Crippen LogP contribution in [0.15, 0.2) is 18.2 Å². The molecule has 2 aliphatic carbocycles. The fourth-order valence-corrected chi connectivity index (χ4v) is 4.59. The van der Waals surface area contributed by atoms with Crippen molar-refractivity contribution in [1.82, 2.24) is 10.6 Å². The van der Waals surface area contributed by atoms with Gasteiger partial charge < -0.3 is 10.1 Å². The van der Waals surface area contributed by atoms with E-state index in [4.69, 9.17) is 4.74 Å². The van der Waals surface area contributed by atoms with Crippen molar-refractivity contribution in [2.24, 2.45) is 0 Å². The van der Waals surface area contributed by atoms with E-state index in [0.717, 1.165) is 31.6 Å². The van der Waals surface area contributed by atoms with Crippen molar-refractivity contribution < 1.29 is 14.3 Å². The monoisotopic (exact) mass is 310 g/mol. The molecule has 4 aliphatic rings. The molecular weight excluding hydrogens is 292 g/mol. The van der Waals surface area contributed by atoms with Crippen LogP contribution < -0.4 is 15.4 Å². The molecule has 1 saturated carbocycles. The highest BCUT2D eigenvalue weighted by atomic mass is 16.5. The highest BCUT2D eigenvalue weighted by molar-refractivity contribution is 6.07. The number of urea groups is 1. The quantitative estimate of drug-likeness (QED) is 0.721. The first-order chi connectivity index (χ1) is 11.1. The summed E-state index contributed by atoms with van der Waals surface area (Å²) in [5.41, 5.74) is 3.17. The van der Waals surface area contributed by atoms with Gasteiger partial charge in [0, 0.05) is 11.8 Å². The molecule has 5 heteroatoms. The number of fused-ring (bicyclic) bond motifs is 3. The lowest BCUT2D eigenvalue weighted by Gasteiger charge is -2.41. The maximum atomic E-state index is 12.1. The predicted octanol–water partition coefficient (Wildman–Crippen LogP) is 2.04. The van der Waals surface area contributed by atoms with Gasteiger partial charge in [-0.25, -0.2) is 4.79 Å². The summed E-state index contributed by atoms with van der Waals surface area (Å²) in [6.45, 7) is 0.768. The zero-order valence-corrected chi connectivity index (χ0v) is 12.8. The van der Waals surface area contributed by atoms with Crippen LogP contribution in [0.4, 0.5) is 4.79 Å². The summed E-state index contributed by atoms with van der Waals surface area (Å²) in [4.78, 5) is 23.6. The number of hydrogen-bond acceptors (Lipinski definition) is 3. The molecular formula is C18H18N2O3. The number of carbonyl (C=O) groups is 2. The van der Waals surface area contributed by atoms with Gasteiger partial charge in [0.15, 0.2) is 0 Å². The molecule has 2 N–H and O–H groups in total. The molecule has 5 rings (SSSR count). The Morgan fingerprint density at radius 1 is 1.09 bits per heavy atom. The van der Waals surface area contributed by atoms with Crippen molar-refractivity contribution in [3.05, 3.63) is 34.9 Å². The van der Waals surface area contributed by atoms with Gasteiger partial charge in [0.05, 0.1) is 6.61 Å². The molecule has 0 bridgehead atoms. The molecule has 0 atom stereocenters. The number of allylic oxidation sites excluding steroid dienone is 1. The van der Waals surface area contributed by atoms with Crippen molar-refractivity contribution in [2.75, 3.05) is 6.61 Å². The number of benzene rings is 1. The number of ether oxygens (including phenoxy) is 1. The Labute approximate surface area is 134 Å². The van der Waals surface area contributed by atoms with Gasteiger partial charge in [-0.1, -0.05) is 12.2 Å². The molecule has 2 spiro atoms. The summed E-state index contributed by atoms with van der Waals surface area (Å²) < 4.78 is 5.73. The zero-order valence-electron chi connectivity index (χ0n) is 12.8. The van der Waals surface area contributed by atoms with E-state index in [2.05, 4.69) is 34.9 Å². The van der Waals surface area contributed by atoms with Crippen molar-refractivity contribution in [3.63, 3.8) is 0 Å². The minimum absolute atomic E-state index is 0.0187. The Hall–Kier alpha value is -2.30. The van der Waals surface area contributed by atoms with Gasteiger partial charge in [-0.15, -0.1) is 0 Å². The lowest BCUT2D eigenvalue weighted by atomic mass is 9.65. The standard InChI is InChI=1S/C18H18N2O3/c21-15-18(20-16(22)19-15)6-4-17(5-7-18)3-1-11-9-12-2-8-23-14(12)10-13(11)17/h1,3,9-10H,2,4-8H2,(H2,19,20,21,22). The van der Waals surface area contributed by atoms with Crippen LogP contribution in [-0.4, -0.2) is 24.1 Å². The Kier molecular flexibility index (Phi) is 2.38. The number of imide groups is 1. The van der Waals surface area contributed by atoms with Gasteiger partial charge in [0.1, 0.15) is 11.3 Å². The summed E-state index contributed by atoms with van der Waals surface area (Å²) >= 11 is 0. The lowest BCUT2D eigenvalue weighted by Crippen LogP contribution is -2.51. The van der Waals surface area contributed by atoms with E-state index < -0.39 is 5.54 Å². The zero-order chi connectivity index (χ0) is 15.7. The fraction of sp³-hybridized carbons (Fsp3) is 0.444. The second-order valence-corrected chi connectivity index (χ2v) is 7.13. The minimum Gasteiger partial charge on any atom is -0.493 e. The molecule has 2 heterocycles. The van der Waals surface area contributed by atoms with Crippen molar-refractivity contribution in [2.45, 2.75) is 43.1 Å². The van der Waals surface area contributed by atoms with E-state index in [0.29, 0.717) is 12.8 Å². The van der Waals surface area contributed by atoms with E-state index >= 15 is 0 Å². The van der Waals surface area contributed by atoms with Crippen LogP contribution in [0.25, 0.3) is 6.08 Å². The van der Waals surface area contributed by atoms with Crippen molar-refractivity contribution in [1.29, 1.82) is 0 Å². The number of hydrogen-bond donors (Lipinski definition) is 2. The largest absolute Gasteiger partial charge is 0.493 e. The molecule has 118 valence electrons. The molecule has 0 unspecified atom stereocenters. The van der Waals surface area contributed by atoms with Crippen LogP contribution in [0, 0.1) is 0 Å². The molecule has 1 aromatic rings. The summed E-state index contributed by atoms with van der Waals surface area (Å²) in [5, 5.41) is 5.23. The van der Waals surface area contributed by atoms with Crippen LogP contribution in [0.2, 0.25) is 0 Å². The average Bonchev–Trinajstić information content (AvgIpc) is 3.19. The maximum absolute atomic E-state index is 12.1. The van der Waals surface area contributed by atoms with Crippen LogP contribution in [-0.2, 0) is 16.6 Å². The summed E-state index contributed by atoms with van der Waals surface area (Å²) in [6, 6.07) is 4.08. The molecule has 5 nitrogen and oxygen atoms in total. The van der Waals surface area contributed by atoms with E-state index in [1.165, 1.54) is 16.7 Å². The molecule has 2 aliphatic heterocycles. The highest BCUT2D eigenvalue weighted by Gasteiger charge is 2.52. The van der Waals surface area contributed by atoms with Crippen LogP contribution >= 0.6 is 0 Å². The first kappa shape index (κ1) is 13.2. The first-order valence-corrected chi connectivity index (χ1v) is 8.23. The second kappa shape index (κ2) is 4.16. The average molecular weight is 310 g/mol. The Bertz CT molecular complexity index is 773. The first-order valence-electron chi connectivity index (χ1n) is 8.23. The SMILES string of the molecule is O=C1NC(=O)C2(CCC3(C=Cc4cc5c(cc43)OCC5)CC2)N1. The predicted molar refractivity (Wildman–Crippen MR) is 84.2 cm³/mol. The maximum Gasteiger partial charge on any atom is 0.322 e. The number of amides is 3.